The van der Waals surface area contributed by atoms with Gasteiger partial charge in [0.05, 0.1) is 6.42 Å². The molecule has 1 unspecified atom stereocenters. The van der Waals surface area contributed by atoms with Crippen LogP contribution in [0.3, 0.4) is 0 Å². The zero-order valence-corrected chi connectivity index (χ0v) is 11.5. The molecule has 0 amide bonds. The maximum Gasteiger partial charge on any atom is 0.254 e. The first kappa shape index (κ1) is 14.0. The van der Waals surface area contributed by atoms with Crippen molar-refractivity contribution in [2.24, 2.45) is 0 Å². The molecule has 0 bridgehead atoms. The fourth-order valence-corrected chi connectivity index (χ4v) is 2.16. The van der Waals surface area contributed by atoms with Gasteiger partial charge >= 0.3 is 0 Å². The van der Waals surface area contributed by atoms with E-state index in [-0.39, 0.29) is 18.0 Å². The molecule has 0 N–H and O–H groups in total. The third-order valence-electron chi connectivity index (χ3n) is 3.11. The highest BCUT2D eigenvalue weighted by Crippen LogP contribution is 2.14. The number of nitrogens with zero attached hydrogens (tertiary/aromatic N) is 1. The second-order valence-corrected chi connectivity index (χ2v) is 4.83. The van der Waals surface area contributed by atoms with Crippen molar-refractivity contribution in [1.29, 1.82) is 0 Å². The molecule has 0 aliphatic rings. The van der Waals surface area contributed by atoms with Crippen molar-refractivity contribution in [3.8, 4) is 0 Å². The maximum absolute atomic E-state index is 12.3. The Labute approximate surface area is 106 Å². The average molecular weight is 256 g/mol. The lowest BCUT2D eigenvalue weighted by molar-refractivity contribution is -0.111. The smallest absolute Gasteiger partial charge is 0.254 e. The fourth-order valence-electron chi connectivity index (χ4n) is 2.03. The largest absolute Gasteiger partial charge is 0.310 e. The van der Waals surface area contributed by atoms with E-state index in [0.29, 0.717) is 5.56 Å². The van der Waals surface area contributed by atoms with Crippen molar-refractivity contribution in [3.05, 3.63) is 33.2 Å². The standard InChI is InChI=1S/C13H18ClNO2/c1-5-9(3)15-10(4)6-8(2)11(13(15)17)7-12(14)16/h6,9H,5,7H2,1-4H3. The van der Waals surface area contributed by atoms with Gasteiger partial charge in [0.2, 0.25) is 5.24 Å². The minimum atomic E-state index is -0.496. The first-order valence-corrected chi connectivity index (χ1v) is 6.16. The Bertz CT molecular complexity index is 491. The number of carbonyl (C=O) groups excluding carboxylic acids is 1. The highest BCUT2D eigenvalue weighted by atomic mass is 35.5. The Morgan fingerprint density at radius 2 is 2.06 bits per heavy atom. The minimum absolute atomic E-state index is 0.00291. The summed E-state index contributed by atoms with van der Waals surface area (Å²) in [6.45, 7) is 7.77. The first-order chi connectivity index (χ1) is 7.88. The molecule has 0 aromatic carbocycles. The van der Waals surface area contributed by atoms with E-state index in [1.807, 2.05) is 33.8 Å². The van der Waals surface area contributed by atoms with Crippen molar-refractivity contribution in [3.63, 3.8) is 0 Å². The van der Waals surface area contributed by atoms with Gasteiger partial charge in [-0.25, -0.2) is 0 Å². The van der Waals surface area contributed by atoms with Crippen molar-refractivity contribution >= 4 is 16.8 Å². The van der Waals surface area contributed by atoms with Gasteiger partial charge in [0, 0.05) is 17.3 Å². The van der Waals surface area contributed by atoms with E-state index in [4.69, 9.17) is 11.6 Å². The molecule has 0 saturated carbocycles. The number of aromatic nitrogens is 1. The zero-order chi connectivity index (χ0) is 13.2. The Kier molecular flexibility index (Phi) is 4.52. The van der Waals surface area contributed by atoms with E-state index < -0.39 is 5.24 Å². The van der Waals surface area contributed by atoms with Crippen LogP contribution in [0.4, 0.5) is 0 Å². The molecule has 0 aliphatic heterocycles. The lowest BCUT2D eigenvalue weighted by atomic mass is 10.1. The normalized spacial score (nSPS) is 12.5. The van der Waals surface area contributed by atoms with E-state index in [2.05, 4.69) is 0 Å². The summed E-state index contributed by atoms with van der Waals surface area (Å²) in [4.78, 5) is 23.3. The first-order valence-electron chi connectivity index (χ1n) is 5.78. The Hall–Kier alpha value is -1.09. The number of hydrogen-bond donors (Lipinski definition) is 0. The van der Waals surface area contributed by atoms with Crippen LogP contribution in [0.15, 0.2) is 10.9 Å². The molecule has 1 aromatic rings. The zero-order valence-electron chi connectivity index (χ0n) is 10.7. The third-order valence-corrected chi connectivity index (χ3v) is 3.24. The number of hydrogen-bond acceptors (Lipinski definition) is 2. The molecule has 4 heteroatoms. The summed E-state index contributed by atoms with van der Waals surface area (Å²) in [5, 5.41) is -0.496. The van der Waals surface area contributed by atoms with Crippen LogP contribution < -0.4 is 5.56 Å². The van der Waals surface area contributed by atoms with E-state index in [1.54, 1.807) is 4.57 Å². The van der Waals surface area contributed by atoms with E-state index >= 15 is 0 Å². The van der Waals surface area contributed by atoms with Gasteiger partial charge in [0.15, 0.2) is 0 Å². The molecule has 0 saturated heterocycles. The summed E-state index contributed by atoms with van der Waals surface area (Å²) in [6.07, 6.45) is 0.876. The van der Waals surface area contributed by atoms with Crippen LogP contribution in [0, 0.1) is 13.8 Å². The lowest BCUT2D eigenvalue weighted by Gasteiger charge is -2.19. The van der Waals surface area contributed by atoms with Crippen LogP contribution in [0.25, 0.3) is 0 Å². The van der Waals surface area contributed by atoms with Gasteiger partial charge in [-0.3, -0.25) is 9.59 Å². The summed E-state index contributed by atoms with van der Waals surface area (Å²) in [6, 6.07) is 2.06. The number of pyridine rings is 1. The molecular formula is C13H18ClNO2. The predicted octanol–water partition coefficient (Wildman–Crippen LogP) is 2.74. The molecule has 0 fully saturated rings. The van der Waals surface area contributed by atoms with E-state index in [9.17, 15) is 9.59 Å². The quantitative estimate of drug-likeness (QED) is 0.776. The van der Waals surface area contributed by atoms with Gasteiger partial charge < -0.3 is 4.57 Å². The van der Waals surface area contributed by atoms with Gasteiger partial charge in [-0.15, -0.1) is 0 Å². The van der Waals surface area contributed by atoms with Gasteiger partial charge in [0.1, 0.15) is 0 Å². The number of rotatable bonds is 4. The fraction of sp³-hybridized carbons (Fsp3) is 0.538. The predicted molar refractivity (Wildman–Crippen MR) is 69.7 cm³/mol. The molecule has 1 aromatic heterocycles. The molecule has 0 radical (unpaired) electrons. The van der Waals surface area contributed by atoms with Crippen LogP contribution in [0.1, 0.15) is 43.1 Å². The van der Waals surface area contributed by atoms with Gasteiger partial charge in [-0.2, -0.15) is 0 Å². The van der Waals surface area contributed by atoms with E-state index in [1.165, 1.54) is 0 Å². The Morgan fingerprint density at radius 1 is 1.47 bits per heavy atom. The van der Waals surface area contributed by atoms with Gasteiger partial charge in [0.25, 0.3) is 5.56 Å². The third kappa shape index (κ3) is 2.97. The Balaban J connectivity index is 3.43. The van der Waals surface area contributed by atoms with Crippen molar-refractivity contribution in [2.75, 3.05) is 0 Å². The van der Waals surface area contributed by atoms with Gasteiger partial charge in [-0.05, 0) is 50.4 Å². The van der Waals surface area contributed by atoms with Crippen molar-refractivity contribution in [1.82, 2.24) is 4.57 Å². The molecule has 94 valence electrons. The van der Waals surface area contributed by atoms with Crippen LogP contribution in [0.2, 0.25) is 0 Å². The molecule has 1 heterocycles. The number of carbonyl (C=O) groups is 1. The number of aryl methyl sites for hydroxylation is 2. The average Bonchev–Trinajstić information content (AvgIpc) is 2.23. The summed E-state index contributed by atoms with van der Waals surface area (Å²) in [7, 11) is 0. The van der Waals surface area contributed by atoms with Crippen LogP contribution in [0.5, 0.6) is 0 Å². The number of halogens is 1. The highest BCUT2D eigenvalue weighted by molar-refractivity contribution is 6.63. The van der Waals surface area contributed by atoms with Crippen LogP contribution in [-0.2, 0) is 11.2 Å². The second-order valence-electron chi connectivity index (χ2n) is 4.41. The topological polar surface area (TPSA) is 39.1 Å². The molecule has 1 rings (SSSR count). The summed E-state index contributed by atoms with van der Waals surface area (Å²) >= 11 is 5.37. The molecular weight excluding hydrogens is 238 g/mol. The molecule has 0 spiro atoms. The summed E-state index contributed by atoms with van der Waals surface area (Å²) in [5.74, 6) is 0. The van der Waals surface area contributed by atoms with Crippen LogP contribution >= 0.6 is 11.6 Å². The van der Waals surface area contributed by atoms with E-state index in [0.717, 1.165) is 17.7 Å². The van der Waals surface area contributed by atoms with Crippen molar-refractivity contribution in [2.45, 2.75) is 46.6 Å². The highest BCUT2D eigenvalue weighted by Gasteiger charge is 2.15. The lowest BCUT2D eigenvalue weighted by Crippen LogP contribution is -2.29. The SMILES string of the molecule is CCC(C)n1c(C)cc(C)c(CC(=O)Cl)c1=O. The molecule has 17 heavy (non-hydrogen) atoms. The van der Waals surface area contributed by atoms with Crippen LogP contribution in [-0.4, -0.2) is 9.81 Å². The molecule has 3 nitrogen and oxygen atoms in total. The summed E-state index contributed by atoms with van der Waals surface area (Å²) < 4.78 is 1.74. The minimum Gasteiger partial charge on any atom is -0.310 e. The molecule has 0 aliphatic carbocycles. The second kappa shape index (κ2) is 5.50. The molecule has 1 atom stereocenters. The maximum atomic E-state index is 12.3. The monoisotopic (exact) mass is 255 g/mol. The van der Waals surface area contributed by atoms with Crippen molar-refractivity contribution < 1.29 is 4.79 Å². The van der Waals surface area contributed by atoms with Gasteiger partial charge in [-0.1, -0.05) is 6.92 Å². The summed E-state index contributed by atoms with van der Waals surface area (Å²) in [5.41, 5.74) is 2.18. The Morgan fingerprint density at radius 3 is 2.53 bits per heavy atom.